The number of nitrogen functional groups attached to an aromatic ring is 1. The third kappa shape index (κ3) is 5.37. The van der Waals surface area contributed by atoms with Crippen LogP contribution in [0, 0.1) is 5.92 Å². The van der Waals surface area contributed by atoms with Crippen LogP contribution in [0.15, 0.2) is 29.3 Å². The van der Waals surface area contributed by atoms with Gasteiger partial charge in [0.15, 0.2) is 0 Å². The summed E-state index contributed by atoms with van der Waals surface area (Å²) in [5.74, 6) is -0.242. The number of hydrogen-bond acceptors (Lipinski definition) is 4. The van der Waals surface area contributed by atoms with Crippen molar-refractivity contribution < 1.29 is 14.3 Å². The molecule has 1 aromatic carbocycles. The van der Waals surface area contributed by atoms with Gasteiger partial charge < -0.3 is 15.4 Å². The highest BCUT2D eigenvalue weighted by Crippen LogP contribution is 2.18. The molecule has 130 valence electrons. The van der Waals surface area contributed by atoms with Gasteiger partial charge in [0.2, 0.25) is 0 Å². The first-order chi connectivity index (χ1) is 11.2. The molecular weight excluding hydrogens is 306 g/mol. The molecule has 1 heterocycles. The SMILES string of the molecule is CC(C)(C)OC(=O)N1CCCC(C=NC(=O)c2ccc(N)cc2)C1. The van der Waals surface area contributed by atoms with Crippen LogP contribution in [0.5, 0.6) is 0 Å². The monoisotopic (exact) mass is 331 g/mol. The Labute approximate surface area is 142 Å². The second kappa shape index (κ2) is 7.47. The van der Waals surface area contributed by atoms with Gasteiger partial charge in [0.1, 0.15) is 5.60 Å². The summed E-state index contributed by atoms with van der Waals surface area (Å²) in [6.07, 6.45) is 3.10. The first-order valence-corrected chi connectivity index (χ1v) is 8.16. The highest BCUT2D eigenvalue weighted by atomic mass is 16.6. The Morgan fingerprint density at radius 2 is 1.96 bits per heavy atom. The van der Waals surface area contributed by atoms with E-state index in [1.807, 2.05) is 20.8 Å². The Bertz CT molecular complexity index is 617. The zero-order valence-corrected chi connectivity index (χ0v) is 14.5. The molecule has 6 nitrogen and oxygen atoms in total. The van der Waals surface area contributed by atoms with Crippen molar-refractivity contribution in [2.24, 2.45) is 10.9 Å². The zero-order valence-electron chi connectivity index (χ0n) is 14.5. The molecule has 0 bridgehead atoms. The number of ether oxygens (including phenoxy) is 1. The third-order valence-electron chi connectivity index (χ3n) is 3.67. The molecular formula is C18H25N3O3. The fourth-order valence-electron chi connectivity index (χ4n) is 2.50. The highest BCUT2D eigenvalue weighted by Gasteiger charge is 2.27. The topological polar surface area (TPSA) is 85.0 Å². The van der Waals surface area contributed by atoms with Gasteiger partial charge in [-0.1, -0.05) is 0 Å². The normalized spacial score (nSPS) is 18.6. The fourth-order valence-corrected chi connectivity index (χ4v) is 2.50. The van der Waals surface area contributed by atoms with Gasteiger partial charge in [0, 0.05) is 36.5 Å². The molecule has 2 rings (SSSR count). The van der Waals surface area contributed by atoms with E-state index < -0.39 is 5.60 Å². The summed E-state index contributed by atoms with van der Waals surface area (Å²) in [6, 6.07) is 6.66. The average molecular weight is 331 g/mol. The fraction of sp³-hybridized carbons (Fsp3) is 0.500. The van der Waals surface area contributed by atoms with Crippen molar-refractivity contribution in [3.63, 3.8) is 0 Å². The van der Waals surface area contributed by atoms with E-state index in [0.29, 0.717) is 24.3 Å². The summed E-state index contributed by atoms with van der Waals surface area (Å²) >= 11 is 0. The number of aliphatic imine (C=N–C) groups is 1. The van der Waals surface area contributed by atoms with E-state index >= 15 is 0 Å². The number of anilines is 1. The maximum absolute atomic E-state index is 12.1. The average Bonchev–Trinajstić information content (AvgIpc) is 2.52. The molecule has 24 heavy (non-hydrogen) atoms. The van der Waals surface area contributed by atoms with Gasteiger partial charge in [-0.3, -0.25) is 4.79 Å². The molecule has 1 atom stereocenters. The van der Waals surface area contributed by atoms with Crippen molar-refractivity contribution in [3.8, 4) is 0 Å². The van der Waals surface area contributed by atoms with Crippen LogP contribution in [-0.2, 0) is 4.74 Å². The lowest BCUT2D eigenvalue weighted by Crippen LogP contribution is -2.43. The Hall–Kier alpha value is -2.37. The predicted octanol–water partition coefficient (Wildman–Crippen LogP) is 3.13. The number of carbonyl (C=O) groups is 2. The summed E-state index contributed by atoms with van der Waals surface area (Å²) in [6.45, 7) is 6.73. The summed E-state index contributed by atoms with van der Waals surface area (Å²) in [4.78, 5) is 29.9. The first-order valence-electron chi connectivity index (χ1n) is 8.16. The van der Waals surface area contributed by atoms with Crippen LogP contribution in [-0.4, -0.2) is 41.8 Å². The van der Waals surface area contributed by atoms with Crippen LogP contribution in [0.4, 0.5) is 10.5 Å². The van der Waals surface area contributed by atoms with Gasteiger partial charge in [0.25, 0.3) is 5.91 Å². The van der Waals surface area contributed by atoms with Gasteiger partial charge in [0.05, 0.1) is 0 Å². The molecule has 1 aromatic rings. The number of piperidine rings is 1. The Morgan fingerprint density at radius 1 is 1.29 bits per heavy atom. The second-order valence-electron chi connectivity index (χ2n) is 7.03. The van der Waals surface area contributed by atoms with Gasteiger partial charge in [-0.25, -0.2) is 9.79 Å². The van der Waals surface area contributed by atoms with Crippen molar-refractivity contribution in [1.29, 1.82) is 0 Å². The van der Waals surface area contributed by atoms with E-state index in [1.165, 1.54) is 0 Å². The van der Waals surface area contributed by atoms with Crippen LogP contribution in [0.25, 0.3) is 0 Å². The van der Waals surface area contributed by atoms with Crippen LogP contribution in [0.2, 0.25) is 0 Å². The molecule has 0 aromatic heterocycles. The first kappa shape index (κ1) is 18.0. The molecule has 0 aliphatic carbocycles. The number of rotatable bonds is 2. The molecule has 1 saturated heterocycles. The summed E-state index contributed by atoms with van der Waals surface area (Å²) in [5.41, 5.74) is 6.20. The van der Waals surface area contributed by atoms with Crippen molar-refractivity contribution in [3.05, 3.63) is 29.8 Å². The lowest BCUT2D eigenvalue weighted by atomic mass is 9.99. The third-order valence-corrected chi connectivity index (χ3v) is 3.67. The molecule has 0 spiro atoms. The van der Waals surface area contributed by atoms with Crippen LogP contribution in [0.1, 0.15) is 44.0 Å². The number of hydrogen-bond donors (Lipinski definition) is 1. The molecule has 1 fully saturated rings. The molecule has 1 aliphatic rings. The Kier molecular flexibility index (Phi) is 5.59. The second-order valence-corrected chi connectivity index (χ2v) is 7.03. The van der Waals surface area contributed by atoms with Crippen molar-refractivity contribution in [1.82, 2.24) is 4.90 Å². The molecule has 1 unspecified atom stereocenters. The van der Waals surface area contributed by atoms with E-state index in [1.54, 1.807) is 35.4 Å². The number of benzene rings is 1. The smallest absolute Gasteiger partial charge is 0.410 e. The van der Waals surface area contributed by atoms with Crippen molar-refractivity contribution in [2.75, 3.05) is 18.8 Å². The van der Waals surface area contributed by atoms with E-state index in [-0.39, 0.29) is 17.9 Å². The van der Waals surface area contributed by atoms with Crippen LogP contribution < -0.4 is 5.73 Å². The summed E-state index contributed by atoms with van der Waals surface area (Å²) in [7, 11) is 0. The maximum Gasteiger partial charge on any atom is 0.410 e. The van der Waals surface area contributed by atoms with Crippen molar-refractivity contribution in [2.45, 2.75) is 39.2 Å². The minimum Gasteiger partial charge on any atom is -0.444 e. The zero-order chi connectivity index (χ0) is 17.7. The number of amides is 2. The molecule has 1 aliphatic heterocycles. The highest BCUT2D eigenvalue weighted by molar-refractivity contribution is 5.99. The van der Waals surface area contributed by atoms with Crippen molar-refractivity contribution >= 4 is 23.9 Å². The maximum atomic E-state index is 12.1. The minimum atomic E-state index is -0.511. The Morgan fingerprint density at radius 3 is 2.58 bits per heavy atom. The molecule has 2 amide bonds. The molecule has 2 N–H and O–H groups in total. The lowest BCUT2D eigenvalue weighted by molar-refractivity contribution is 0.0195. The van der Waals surface area contributed by atoms with Crippen LogP contribution >= 0.6 is 0 Å². The van der Waals surface area contributed by atoms with E-state index in [2.05, 4.69) is 4.99 Å². The summed E-state index contributed by atoms with van der Waals surface area (Å²) < 4.78 is 5.40. The standard InChI is InChI=1S/C18H25N3O3/c1-18(2,3)24-17(23)21-10-4-5-13(12-21)11-20-16(22)14-6-8-15(19)9-7-14/h6-9,11,13H,4-5,10,12,19H2,1-3H3. The molecule has 0 radical (unpaired) electrons. The molecule has 6 heteroatoms. The largest absolute Gasteiger partial charge is 0.444 e. The summed E-state index contributed by atoms with van der Waals surface area (Å²) in [5, 5.41) is 0. The quantitative estimate of drug-likeness (QED) is 0.666. The minimum absolute atomic E-state index is 0.0593. The number of nitrogens with zero attached hydrogens (tertiary/aromatic N) is 2. The number of likely N-dealkylation sites (tertiary alicyclic amines) is 1. The van der Waals surface area contributed by atoms with Gasteiger partial charge >= 0.3 is 6.09 Å². The molecule has 0 saturated carbocycles. The van der Waals surface area contributed by atoms with Gasteiger partial charge in [-0.05, 0) is 57.9 Å². The Balaban J connectivity index is 1.93. The van der Waals surface area contributed by atoms with Gasteiger partial charge in [-0.2, -0.15) is 0 Å². The number of nitrogens with two attached hydrogens (primary N) is 1. The predicted molar refractivity (Wildman–Crippen MR) is 94.2 cm³/mol. The van der Waals surface area contributed by atoms with E-state index in [9.17, 15) is 9.59 Å². The number of carbonyl (C=O) groups excluding carboxylic acids is 2. The van der Waals surface area contributed by atoms with Crippen LogP contribution in [0.3, 0.4) is 0 Å². The van der Waals surface area contributed by atoms with Gasteiger partial charge in [-0.15, -0.1) is 0 Å². The lowest BCUT2D eigenvalue weighted by Gasteiger charge is -2.32. The van der Waals surface area contributed by atoms with E-state index in [0.717, 1.165) is 12.8 Å². The van der Waals surface area contributed by atoms with E-state index in [4.69, 9.17) is 10.5 Å².